The average molecular weight is 711 g/mol. The van der Waals surface area contributed by atoms with E-state index in [4.69, 9.17) is 13.3 Å². The Balaban J connectivity index is 2.43. The molecule has 3 N–H and O–H groups in total. The summed E-state index contributed by atoms with van der Waals surface area (Å²) in [7, 11) is -3.16. The standard InChI is InChI=1S/C35H74N2O8SSi/c1-8-9-10-11-12-13-14-15-16-17-18-19-20-21-22-23-26-37(6,7)27-24-29-47(44-33(2,3)34(4,5)45-47)43-32-35(30-38,31-39)36-25-28-46(40,41)42/h36,38-39H,8-32H2,1-7H3. The molecule has 47 heavy (non-hydrogen) atoms. The summed E-state index contributed by atoms with van der Waals surface area (Å²) in [6.07, 6.45) is 22.7. The van der Waals surface area contributed by atoms with Gasteiger partial charge in [-0.25, -0.2) is 8.42 Å². The minimum atomic E-state index is -4.44. The number of quaternary nitrogens is 1. The molecular formula is C35H74N2O8SSi. The fourth-order valence-electron chi connectivity index (χ4n) is 6.19. The number of rotatable bonds is 30. The first kappa shape index (κ1) is 44.9. The third-order valence-corrected chi connectivity index (χ3v) is 14.1. The zero-order valence-corrected chi connectivity index (χ0v) is 33.2. The van der Waals surface area contributed by atoms with Gasteiger partial charge in [-0.1, -0.05) is 96.8 Å². The van der Waals surface area contributed by atoms with Gasteiger partial charge < -0.3 is 37.8 Å². The second-order valence-electron chi connectivity index (χ2n) is 15.8. The molecule has 0 amide bonds. The molecule has 0 aliphatic carbocycles. The van der Waals surface area contributed by atoms with Crippen molar-refractivity contribution in [1.82, 2.24) is 5.32 Å². The Labute approximate surface area is 290 Å². The molecule has 0 unspecified atom stereocenters. The number of aliphatic hydroxyl groups is 2. The minimum Gasteiger partial charge on any atom is -0.748 e. The number of nitrogens with one attached hydrogen (secondary N) is 1. The van der Waals surface area contributed by atoms with Gasteiger partial charge in [0.1, 0.15) is 0 Å². The van der Waals surface area contributed by atoms with Crippen molar-refractivity contribution in [2.24, 2.45) is 0 Å². The molecule has 0 atom stereocenters. The largest absolute Gasteiger partial charge is 0.748 e. The molecule has 0 bridgehead atoms. The molecule has 282 valence electrons. The Morgan fingerprint density at radius 2 is 1.15 bits per heavy atom. The Bertz CT molecular complexity index is 913. The Hall–Kier alpha value is -0.153. The first-order valence-electron chi connectivity index (χ1n) is 18.7. The van der Waals surface area contributed by atoms with Crippen molar-refractivity contribution >= 4 is 18.9 Å². The van der Waals surface area contributed by atoms with Crippen LogP contribution in [0.5, 0.6) is 0 Å². The lowest BCUT2D eigenvalue weighted by atomic mass is 9.90. The fourth-order valence-corrected chi connectivity index (χ4v) is 10.2. The van der Waals surface area contributed by atoms with Crippen LogP contribution in [0.25, 0.3) is 0 Å². The molecule has 0 aromatic rings. The van der Waals surface area contributed by atoms with E-state index < -0.39 is 54.6 Å². The van der Waals surface area contributed by atoms with Gasteiger partial charge in [-0.2, -0.15) is 0 Å². The van der Waals surface area contributed by atoms with Crippen LogP contribution >= 0.6 is 0 Å². The molecule has 0 aromatic carbocycles. The van der Waals surface area contributed by atoms with Crippen molar-refractivity contribution in [1.29, 1.82) is 0 Å². The summed E-state index contributed by atoms with van der Waals surface area (Å²) in [4.78, 5) is 0. The third-order valence-electron chi connectivity index (χ3n) is 10.2. The molecule has 1 heterocycles. The van der Waals surface area contributed by atoms with Crippen molar-refractivity contribution in [3.63, 3.8) is 0 Å². The van der Waals surface area contributed by atoms with Crippen LogP contribution in [0.3, 0.4) is 0 Å². The summed E-state index contributed by atoms with van der Waals surface area (Å²) in [5.41, 5.74) is -2.55. The number of nitrogens with zero attached hydrogens (tertiary/aromatic N) is 1. The zero-order valence-electron chi connectivity index (χ0n) is 31.4. The Morgan fingerprint density at radius 3 is 1.55 bits per heavy atom. The summed E-state index contributed by atoms with van der Waals surface area (Å²) >= 11 is 0. The van der Waals surface area contributed by atoms with Crippen molar-refractivity contribution in [3.8, 4) is 0 Å². The molecule has 0 radical (unpaired) electrons. The van der Waals surface area contributed by atoms with E-state index in [2.05, 4.69) is 26.3 Å². The highest BCUT2D eigenvalue weighted by Gasteiger charge is 2.61. The quantitative estimate of drug-likeness (QED) is 0.0348. The van der Waals surface area contributed by atoms with Gasteiger partial charge in [0.2, 0.25) is 0 Å². The molecule has 1 aliphatic rings. The van der Waals surface area contributed by atoms with Crippen LogP contribution in [0.15, 0.2) is 0 Å². The molecule has 0 spiro atoms. The second kappa shape index (κ2) is 21.9. The van der Waals surface area contributed by atoms with E-state index in [1.54, 1.807) is 0 Å². The van der Waals surface area contributed by atoms with Gasteiger partial charge in [0.25, 0.3) is 0 Å². The van der Waals surface area contributed by atoms with Crippen molar-refractivity contribution in [3.05, 3.63) is 0 Å². The van der Waals surface area contributed by atoms with Crippen LogP contribution in [-0.2, 0) is 23.4 Å². The number of hydrogen-bond acceptors (Lipinski definition) is 9. The SMILES string of the molecule is CCCCCCCCCCCCCCCCCC[N+](C)(C)CCC[Si]1(OCC(CO)(CO)NCCS(=O)(=O)[O-])OC(C)(C)C(C)(C)O1. The highest BCUT2D eigenvalue weighted by Crippen LogP contribution is 2.44. The normalized spacial score (nSPS) is 17.8. The highest BCUT2D eigenvalue weighted by atomic mass is 32.2. The number of hydrogen-bond donors (Lipinski definition) is 3. The van der Waals surface area contributed by atoms with Gasteiger partial charge in [0.15, 0.2) is 0 Å². The van der Waals surface area contributed by atoms with Gasteiger partial charge in [-0.05, 0) is 40.5 Å². The predicted molar refractivity (Wildman–Crippen MR) is 192 cm³/mol. The van der Waals surface area contributed by atoms with Gasteiger partial charge in [0, 0.05) is 19.0 Å². The lowest BCUT2D eigenvalue weighted by Gasteiger charge is -2.35. The van der Waals surface area contributed by atoms with Crippen LogP contribution in [0.4, 0.5) is 0 Å². The summed E-state index contributed by atoms with van der Waals surface area (Å²) in [6.45, 7) is 10.9. The van der Waals surface area contributed by atoms with Crippen LogP contribution in [0.1, 0.15) is 144 Å². The van der Waals surface area contributed by atoms with Crippen LogP contribution in [0.2, 0.25) is 6.04 Å². The molecule has 1 fully saturated rings. The molecular weight excluding hydrogens is 637 g/mol. The number of aliphatic hydroxyl groups excluding tert-OH is 2. The van der Waals surface area contributed by atoms with Gasteiger partial charge in [0.05, 0.1) is 79.6 Å². The highest BCUT2D eigenvalue weighted by molar-refractivity contribution is 7.85. The monoisotopic (exact) mass is 710 g/mol. The van der Waals surface area contributed by atoms with Crippen LogP contribution < -0.4 is 5.32 Å². The molecule has 1 saturated heterocycles. The van der Waals surface area contributed by atoms with Crippen LogP contribution in [0, 0.1) is 0 Å². The summed E-state index contributed by atoms with van der Waals surface area (Å²) in [6, 6.07) is 0.586. The van der Waals surface area contributed by atoms with E-state index in [1.165, 1.54) is 103 Å². The van der Waals surface area contributed by atoms with E-state index in [-0.39, 0.29) is 13.2 Å². The zero-order chi connectivity index (χ0) is 35.5. The Morgan fingerprint density at radius 1 is 0.745 bits per heavy atom. The lowest BCUT2D eigenvalue weighted by molar-refractivity contribution is -0.890. The smallest absolute Gasteiger partial charge is 0.502 e. The first-order chi connectivity index (χ1) is 22.0. The van der Waals surface area contributed by atoms with Gasteiger partial charge in [-0.3, -0.25) is 0 Å². The van der Waals surface area contributed by atoms with E-state index in [1.807, 2.05) is 27.7 Å². The Kier molecular flexibility index (Phi) is 20.9. The van der Waals surface area contributed by atoms with Gasteiger partial charge >= 0.3 is 8.80 Å². The average Bonchev–Trinajstić information content (AvgIpc) is 3.16. The maximum absolute atomic E-state index is 11.1. The lowest BCUT2D eigenvalue weighted by Crippen LogP contribution is -2.59. The van der Waals surface area contributed by atoms with Crippen LogP contribution in [-0.4, -0.2) is 113 Å². The van der Waals surface area contributed by atoms with E-state index in [9.17, 15) is 23.2 Å². The minimum absolute atomic E-state index is 0.144. The van der Waals surface area contributed by atoms with Crippen molar-refractivity contribution < 1.29 is 40.9 Å². The van der Waals surface area contributed by atoms with E-state index >= 15 is 0 Å². The maximum atomic E-state index is 11.1. The predicted octanol–water partition coefficient (Wildman–Crippen LogP) is 6.13. The molecule has 12 heteroatoms. The number of unbranched alkanes of at least 4 members (excludes halogenated alkanes) is 15. The molecule has 0 aromatic heterocycles. The van der Waals surface area contributed by atoms with Gasteiger partial charge in [-0.15, -0.1) is 0 Å². The maximum Gasteiger partial charge on any atom is 0.502 e. The summed E-state index contributed by atoms with van der Waals surface area (Å²) in [5.74, 6) is -0.656. The topological polar surface area (TPSA) is 137 Å². The third kappa shape index (κ3) is 18.6. The first-order valence-corrected chi connectivity index (χ1v) is 22.2. The fraction of sp³-hybridized carbons (Fsp3) is 1.00. The van der Waals surface area contributed by atoms with Crippen molar-refractivity contribution in [2.45, 2.75) is 167 Å². The molecule has 1 rings (SSSR count). The van der Waals surface area contributed by atoms with E-state index in [0.29, 0.717) is 6.04 Å². The van der Waals surface area contributed by atoms with Crippen molar-refractivity contribution in [2.75, 3.05) is 59.3 Å². The molecule has 1 aliphatic heterocycles. The van der Waals surface area contributed by atoms with E-state index in [0.717, 1.165) is 24.0 Å². The second-order valence-corrected chi connectivity index (χ2v) is 19.9. The molecule has 10 nitrogen and oxygen atoms in total. The summed E-state index contributed by atoms with van der Waals surface area (Å²) in [5, 5.41) is 23.0. The summed E-state index contributed by atoms with van der Waals surface area (Å²) < 4.78 is 53.6. The molecule has 0 saturated carbocycles.